The minimum Gasteiger partial charge on any atom is -0.464 e. The van der Waals surface area contributed by atoms with Gasteiger partial charge in [0.2, 0.25) is 0 Å². The molecule has 0 heterocycles. The Balaban J connectivity index is 4.88. The molecule has 92 valence electrons. The van der Waals surface area contributed by atoms with E-state index >= 15 is 0 Å². The van der Waals surface area contributed by atoms with E-state index in [2.05, 4.69) is 4.74 Å². The van der Waals surface area contributed by atoms with Crippen molar-refractivity contribution in [3.05, 3.63) is 11.1 Å². The molecule has 0 saturated carbocycles. The van der Waals surface area contributed by atoms with Gasteiger partial charge in [0.1, 0.15) is 0 Å². The fraction of sp³-hybridized carbons (Fsp3) is 0.636. The third kappa shape index (κ3) is 4.02. The maximum Gasteiger partial charge on any atom is 0.339 e. The van der Waals surface area contributed by atoms with Gasteiger partial charge < -0.3 is 14.6 Å². The Labute approximate surface area is 95.0 Å². The molecule has 0 fully saturated rings. The number of aliphatic hydroxyl groups is 1. The van der Waals surface area contributed by atoms with Crippen molar-refractivity contribution < 1.29 is 24.2 Å². The Kier molecular flexibility index (Phi) is 6.41. The molecule has 0 saturated heterocycles. The van der Waals surface area contributed by atoms with Crippen LogP contribution in [0.2, 0.25) is 0 Å². The van der Waals surface area contributed by atoms with Gasteiger partial charge in [-0.3, -0.25) is 0 Å². The van der Waals surface area contributed by atoms with Crippen molar-refractivity contribution in [2.75, 3.05) is 13.2 Å². The fourth-order valence-electron chi connectivity index (χ4n) is 1.14. The molecule has 1 atom stereocenters. The van der Waals surface area contributed by atoms with Crippen LogP contribution in [0.1, 0.15) is 27.7 Å². The predicted octanol–water partition coefficient (Wildman–Crippen LogP) is 0.810. The van der Waals surface area contributed by atoms with E-state index in [0.717, 1.165) is 0 Å². The zero-order chi connectivity index (χ0) is 12.7. The van der Waals surface area contributed by atoms with Gasteiger partial charge in [-0.15, -0.1) is 0 Å². The SMILES string of the molecule is CCOC(=O)C(=C(C)C)C(O)C(=O)OCC. The zero-order valence-electron chi connectivity index (χ0n) is 10.1. The number of carbonyl (C=O) groups excluding carboxylic acids is 2. The van der Waals surface area contributed by atoms with Crippen LogP contribution in [0.25, 0.3) is 0 Å². The normalized spacial score (nSPS) is 11.6. The molecule has 0 aromatic heterocycles. The number of aliphatic hydroxyl groups excluding tert-OH is 1. The first-order valence-corrected chi connectivity index (χ1v) is 5.14. The van der Waals surface area contributed by atoms with Gasteiger partial charge in [-0.25, -0.2) is 9.59 Å². The Bertz CT molecular complexity index is 289. The van der Waals surface area contributed by atoms with Crippen molar-refractivity contribution >= 4 is 11.9 Å². The summed E-state index contributed by atoms with van der Waals surface area (Å²) in [5.41, 5.74) is 0.472. The van der Waals surface area contributed by atoms with Crippen LogP contribution in [0.5, 0.6) is 0 Å². The lowest BCUT2D eigenvalue weighted by Gasteiger charge is -2.14. The second-order valence-corrected chi connectivity index (χ2v) is 3.29. The van der Waals surface area contributed by atoms with Crippen LogP contribution in [0.15, 0.2) is 11.1 Å². The molecule has 5 nitrogen and oxygen atoms in total. The van der Waals surface area contributed by atoms with Crippen LogP contribution in [-0.4, -0.2) is 36.4 Å². The summed E-state index contributed by atoms with van der Waals surface area (Å²) in [7, 11) is 0. The Morgan fingerprint density at radius 2 is 1.62 bits per heavy atom. The number of ether oxygens (including phenoxy) is 2. The van der Waals surface area contributed by atoms with Crippen LogP contribution in [0.4, 0.5) is 0 Å². The summed E-state index contributed by atoms with van der Waals surface area (Å²) in [4.78, 5) is 22.8. The van der Waals surface area contributed by atoms with E-state index in [1.165, 1.54) is 0 Å². The molecule has 0 aliphatic rings. The first-order valence-electron chi connectivity index (χ1n) is 5.14. The Morgan fingerprint density at radius 3 is 2.00 bits per heavy atom. The third-order valence-corrected chi connectivity index (χ3v) is 1.82. The topological polar surface area (TPSA) is 72.8 Å². The summed E-state index contributed by atoms with van der Waals surface area (Å²) in [5, 5.41) is 9.64. The number of hydrogen-bond acceptors (Lipinski definition) is 5. The van der Waals surface area contributed by atoms with E-state index in [1.807, 2.05) is 0 Å². The van der Waals surface area contributed by atoms with Crippen LogP contribution in [0, 0.1) is 0 Å². The molecule has 0 bridgehead atoms. The van der Waals surface area contributed by atoms with E-state index in [-0.39, 0.29) is 18.8 Å². The van der Waals surface area contributed by atoms with Crippen LogP contribution in [0.3, 0.4) is 0 Å². The average molecular weight is 230 g/mol. The van der Waals surface area contributed by atoms with Crippen molar-refractivity contribution in [3.8, 4) is 0 Å². The number of hydrogen-bond donors (Lipinski definition) is 1. The average Bonchev–Trinajstić information content (AvgIpc) is 2.17. The van der Waals surface area contributed by atoms with Gasteiger partial charge in [0.15, 0.2) is 6.10 Å². The first kappa shape index (κ1) is 14.6. The summed E-state index contributed by atoms with van der Waals surface area (Å²) in [6.45, 7) is 6.84. The van der Waals surface area contributed by atoms with E-state index in [4.69, 9.17) is 4.74 Å². The molecule has 1 unspecified atom stereocenters. The second-order valence-electron chi connectivity index (χ2n) is 3.29. The highest BCUT2D eigenvalue weighted by Gasteiger charge is 2.28. The maximum absolute atomic E-state index is 11.5. The van der Waals surface area contributed by atoms with Crippen molar-refractivity contribution in [3.63, 3.8) is 0 Å². The summed E-state index contributed by atoms with van der Waals surface area (Å²) in [6.07, 6.45) is -1.58. The van der Waals surface area contributed by atoms with Crippen LogP contribution in [-0.2, 0) is 19.1 Å². The van der Waals surface area contributed by atoms with Gasteiger partial charge in [0.05, 0.1) is 18.8 Å². The van der Waals surface area contributed by atoms with Gasteiger partial charge in [0.25, 0.3) is 0 Å². The highest BCUT2D eigenvalue weighted by Crippen LogP contribution is 2.12. The molecule has 0 rings (SSSR count). The van der Waals surface area contributed by atoms with Crippen molar-refractivity contribution in [1.82, 2.24) is 0 Å². The molecular formula is C11H18O5. The summed E-state index contributed by atoms with van der Waals surface area (Å²) in [6, 6.07) is 0. The van der Waals surface area contributed by atoms with Gasteiger partial charge in [-0.1, -0.05) is 5.57 Å². The summed E-state index contributed by atoms with van der Waals surface area (Å²) >= 11 is 0. The molecule has 0 aromatic rings. The highest BCUT2D eigenvalue weighted by molar-refractivity contribution is 5.97. The quantitative estimate of drug-likeness (QED) is 0.559. The highest BCUT2D eigenvalue weighted by atomic mass is 16.6. The molecule has 0 spiro atoms. The van der Waals surface area contributed by atoms with Crippen molar-refractivity contribution in [2.45, 2.75) is 33.8 Å². The Hall–Kier alpha value is -1.36. The molecular weight excluding hydrogens is 212 g/mol. The van der Waals surface area contributed by atoms with Gasteiger partial charge in [-0.2, -0.15) is 0 Å². The largest absolute Gasteiger partial charge is 0.464 e. The molecule has 0 amide bonds. The van der Waals surface area contributed by atoms with E-state index in [1.54, 1.807) is 27.7 Å². The standard InChI is InChI=1S/C11H18O5/c1-5-15-10(13)8(7(3)4)9(12)11(14)16-6-2/h9,12H,5-6H2,1-4H3. The Morgan fingerprint density at radius 1 is 1.12 bits per heavy atom. The molecule has 1 N–H and O–H groups in total. The third-order valence-electron chi connectivity index (χ3n) is 1.82. The predicted molar refractivity (Wildman–Crippen MR) is 57.6 cm³/mol. The lowest BCUT2D eigenvalue weighted by molar-refractivity contribution is -0.154. The molecule has 0 radical (unpaired) electrons. The fourth-order valence-corrected chi connectivity index (χ4v) is 1.14. The smallest absolute Gasteiger partial charge is 0.339 e. The molecule has 5 heteroatoms. The number of carbonyl (C=O) groups is 2. The second kappa shape index (κ2) is 7.00. The summed E-state index contributed by atoms with van der Waals surface area (Å²) in [5.74, 6) is -1.53. The zero-order valence-corrected chi connectivity index (χ0v) is 10.1. The molecule has 16 heavy (non-hydrogen) atoms. The molecule has 0 aromatic carbocycles. The van der Waals surface area contributed by atoms with Crippen LogP contribution < -0.4 is 0 Å². The minimum atomic E-state index is -1.58. The van der Waals surface area contributed by atoms with Crippen molar-refractivity contribution in [1.29, 1.82) is 0 Å². The number of allylic oxidation sites excluding steroid dienone is 1. The van der Waals surface area contributed by atoms with Crippen molar-refractivity contribution in [2.24, 2.45) is 0 Å². The first-order chi connectivity index (χ1) is 7.45. The van der Waals surface area contributed by atoms with Gasteiger partial charge in [-0.05, 0) is 27.7 Å². The van der Waals surface area contributed by atoms with Gasteiger partial charge >= 0.3 is 11.9 Å². The lowest BCUT2D eigenvalue weighted by Crippen LogP contribution is -2.30. The minimum absolute atomic E-state index is 0.0553. The summed E-state index contributed by atoms with van der Waals surface area (Å²) < 4.78 is 9.38. The maximum atomic E-state index is 11.5. The number of rotatable bonds is 5. The monoisotopic (exact) mass is 230 g/mol. The lowest BCUT2D eigenvalue weighted by atomic mass is 10.1. The van der Waals surface area contributed by atoms with E-state index in [9.17, 15) is 14.7 Å². The van der Waals surface area contributed by atoms with Gasteiger partial charge in [0, 0.05) is 0 Å². The van der Waals surface area contributed by atoms with E-state index < -0.39 is 18.0 Å². The van der Waals surface area contributed by atoms with E-state index in [0.29, 0.717) is 5.57 Å². The van der Waals surface area contributed by atoms with Crippen LogP contribution >= 0.6 is 0 Å². The number of esters is 2. The molecule has 0 aliphatic carbocycles. The molecule has 0 aliphatic heterocycles.